The van der Waals surface area contributed by atoms with Gasteiger partial charge in [-0.2, -0.15) is 0 Å². The predicted octanol–water partition coefficient (Wildman–Crippen LogP) is 5.10. The number of aryl methyl sites for hydroxylation is 1. The highest BCUT2D eigenvalue weighted by molar-refractivity contribution is 8.00. The molecule has 1 atom stereocenters. The Morgan fingerprint density at radius 2 is 1.91 bits per heavy atom. The molecule has 0 saturated heterocycles. The Hall–Kier alpha value is -3.26. The van der Waals surface area contributed by atoms with Gasteiger partial charge in [-0.05, 0) is 38.0 Å². The monoisotopic (exact) mass is 447 g/mol. The lowest BCUT2D eigenvalue weighted by Crippen LogP contribution is -2.25. The number of carbonyl (C=O) groups excluding carboxylic acids is 2. The number of nitrogens with zero attached hydrogens (tertiary/aromatic N) is 4. The quantitative estimate of drug-likeness (QED) is 0.298. The second kappa shape index (κ2) is 9.48. The zero-order valence-corrected chi connectivity index (χ0v) is 19.1. The van der Waals surface area contributed by atoms with E-state index in [0.29, 0.717) is 22.8 Å². The third-order valence-electron chi connectivity index (χ3n) is 5.25. The van der Waals surface area contributed by atoms with Gasteiger partial charge in [-0.25, -0.2) is 4.98 Å². The molecule has 1 amide bonds. The Kier molecular flexibility index (Phi) is 6.50. The SMILES string of the molecule is CCCn1c2ccccc2c2nnc(S[C@H](CC)C(=O)Nc3cccc(C(C)=O)c3)nc21. The van der Waals surface area contributed by atoms with Crippen LogP contribution in [0, 0.1) is 0 Å². The summed E-state index contributed by atoms with van der Waals surface area (Å²) in [5, 5.41) is 12.8. The zero-order chi connectivity index (χ0) is 22.7. The first-order valence-corrected chi connectivity index (χ1v) is 11.6. The number of hydrogen-bond acceptors (Lipinski definition) is 6. The van der Waals surface area contributed by atoms with Crippen molar-refractivity contribution >= 4 is 51.2 Å². The Balaban J connectivity index is 1.60. The molecule has 0 bridgehead atoms. The summed E-state index contributed by atoms with van der Waals surface area (Å²) in [7, 11) is 0. The van der Waals surface area contributed by atoms with Crippen LogP contribution in [0.1, 0.15) is 44.0 Å². The summed E-state index contributed by atoms with van der Waals surface area (Å²) in [6, 6.07) is 15.0. The van der Waals surface area contributed by atoms with Crippen LogP contribution in [-0.2, 0) is 11.3 Å². The van der Waals surface area contributed by atoms with E-state index in [1.54, 1.807) is 24.3 Å². The summed E-state index contributed by atoms with van der Waals surface area (Å²) in [5.74, 6) is -0.200. The molecule has 32 heavy (non-hydrogen) atoms. The molecule has 2 aromatic heterocycles. The summed E-state index contributed by atoms with van der Waals surface area (Å²) >= 11 is 1.30. The molecule has 0 saturated carbocycles. The first-order chi connectivity index (χ1) is 15.5. The molecule has 2 aromatic carbocycles. The maximum atomic E-state index is 12.9. The second-order valence-corrected chi connectivity index (χ2v) is 8.75. The third kappa shape index (κ3) is 4.36. The molecule has 0 spiro atoms. The number of nitrogens with one attached hydrogen (secondary N) is 1. The summed E-state index contributed by atoms with van der Waals surface area (Å²) < 4.78 is 2.16. The van der Waals surface area contributed by atoms with E-state index in [2.05, 4.69) is 33.1 Å². The molecule has 0 radical (unpaired) electrons. The number of ketones is 1. The minimum atomic E-state index is -0.390. The van der Waals surface area contributed by atoms with Gasteiger partial charge in [0.2, 0.25) is 11.1 Å². The van der Waals surface area contributed by atoms with Crippen LogP contribution in [0.4, 0.5) is 5.69 Å². The average molecular weight is 448 g/mol. The van der Waals surface area contributed by atoms with Crippen LogP contribution in [0.5, 0.6) is 0 Å². The fourth-order valence-corrected chi connectivity index (χ4v) is 4.49. The number of para-hydroxylation sites is 1. The first kappa shape index (κ1) is 22.0. The topological polar surface area (TPSA) is 89.8 Å². The number of fused-ring (bicyclic) bond motifs is 3. The van der Waals surface area contributed by atoms with Crippen LogP contribution in [0.15, 0.2) is 53.7 Å². The number of Topliss-reactive ketones (excluding diaryl/α,β-unsaturated/α-hetero) is 1. The van der Waals surface area contributed by atoms with E-state index < -0.39 is 0 Å². The Labute approximate surface area is 190 Å². The number of thioether (sulfide) groups is 1. The van der Waals surface area contributed by atoms with Gasteiger partial charge in [-0.1, -0.05) is 55.9 Å². The van der Waals surface area contributed by atoms with Crippen LogP contribution in [-0.4, -0.2) is 36.7 Å². The number of benzene rings is 2. The van der Waals surface area contributed by atoms with Crippen LogP contribution in [0.3, 0.4) is 0 Å². The Morgan fingerprint density at radius 1 is 1.09 bits per heavy atom. The largest absolute Gasteiger partial charge is 0.325 e. The van der Waals surface area contributed by atoms with Gasteiger partial charge >= 0.3 is 0 Å². The average Bonchev–Trinajstić information content (AvgIpc) is 3.11. The molecule has 0 aliphatic carbocycles. The number of aromatic nitrogens is 4. The summed E-state index contributed by atoms with van der Waals surface area (Å²) in [6.07, 6.45) is 1.57. The van der Waals surface area contributed by atoms with E-state index in [9.17, 15) is 9.59 Å². The molecule has 0 unspecified atom stereocenters. The number of hydrogen-bond donors (Lipinski definition) is 1. The van der Waals surface area contributed by atoms with Crippen LogP contribution >= 0.6 is 11.8 Å². The fraction of sp³-hybridized carbons (Fsp3) is 0.292. The van der Waals surface area contributed by atoms with E-state index in [-0.39, 0.29) is 16.9 Å². The highest BCUT2D eigenvalue weighted by Gasteiger charge is 2.22. The third-order valence-corrected chi connectivity index (χ3v) is 6.46. The Morgan fingerprint density at radius 3 is 2.66 bits per heavy atom. The van der Waals surface area contributed by atoms with E-state index >= 15 is 0 Å². The fourth-order valence-electron chi connectivity index (χ4n) is 3.68. The minimum Gasteiger partial charge on any atom is -0.325 e. The van der Waals surface area contributed by atoms with Crippen molar-refractivity contribution in [1.82, 2.24) is 19.7 Å². The molecule has 8 heteroatoms. The second-order valence-electron chi connectivity index (χ2n) is 7.58. The van der Waals surface area contributed by atoms with Crippen molar-refractivity contribution in [1.29, 1.82) is 0 Å². The molecule has 164 valence electrons. The molecule has 0 aliphatic heterocycles. The summed E-state index contributed by atoms with van der Waals surface area (Å²) in [6.45, 7) is 6.41. The zero-order valence-electron chi connectivity index (χ0n) is 18.3. The molecular weight excluding hydrogens is 422 g/mol. The minimum absolute atomic E-state index is 0.0437. The molecule has 0 fully saturated rings. The smallest absolute Gasteiger partial charge is 0.237 e. The van der Waals surface area contributed by atoms with Crippen molar-refractivity contribution in [2.24, 2.45) is 0 Å². The molecule has 4 rings (SSSR count). The van der Waals surface area contributed by atoms with Gasteiger partial charge in [-0.3, -0.25) is 9.59 Å². The summed E-state index contributed by atoms with van der Waals surface area (Å²) in [4.78, 5) is 29.3. The van der Waals surface area contributed by atoms with Gasteiger partial charge in [0, 0.05) is 23.2 Å². The molecule has 1 N–H and O–H groups in total. The Bertz CT molecular complexity index is 1300. The van der Waals surface area contributed by atoms with Crippen molar-refractivity contribution < 1.29 is 9.59 Å². The summed E-state index contributed by atoms with van der Waals surface area (Å²) in [5.41, 5.74) is 3.81. The van der Waals surface area contributed by atoms with Gasteiger partial charge in [0.1, 0.15) is 5.52 Å². The molecular formula is C24H25N5O2S. The van der Waals surface area contributed by atoms with Crippen molar-refractivity contribution in [3.63, 3.8) is 0 Å². The highest BCUT2D eigenvalue weighted by atomic mass is 32.2. The maximum absolute atomic E-state index is 12.9. The van der Waals surface area contributed by atoms with Crippen molar-refractivity contribution in [2.75, 3.05) is 5.32 Å². The van der Waals surface area contributed by atoms with Crippen molar-refractivity contribution in [3.05, 3.63) is 54.1 Å². The molecule has 7 nitrogen and oxygen atoms in total. The number of anilines is 1. The van der Waals surface area contributed by atoms with Crippen LogP contribution in [0.25, 0.3) is 22.1 Å². The number of amides is 1. The van der Waals surface area contributed by atoms with Gasteiger partial charge in [-0.15, -0.1) is 10.2 Å². The van der Waals surface area contributed by atoms with Crippen molar-refractivity contribution in [3.8, 4) is 0 Å². The lowest BCUT2D eigenvalue weighted by atomic mass is 10.1. The van der Waals surface area contributed by atoms with Gasteiger partial charge < -0.3 is 9.88 Å². The van der Waals surface area contributed by atoms with Gasteiger partial charge in [0.05, 0.1) is 10.8 Å². The highest BCUT2D eigenvalue weighted by Crippen LogP contribution is 2.29. The van der Waals surface area contributed by atoms with Crippen molar-refractivity contribution in [2.45, 2.75) is 50.6 Å². The van der Waals surface area contributed by atoms with E-state index in [1.807, 2.05) is 25.1 Å². The normalized spacial score (nSPS) is 12.2. The maximum Gasteiger partial charge on any atom is 0.237 e. The predicted molar refractivity (Wildman–Crippen MR) is 128 cm³/mol. The lowest BCUT2D eigenvalue weighted by molar-refractivity contribution is -0.115. The van der Waals surface area contributed by atoms with E-state index in [0.717, 1.165) is 35.0 Å². The van der Waals surface area contributed by atoms with E-state index in [1.165, 1.54) is 18.7 Å². The van der Waals surface area contributed by atoms with Gasteiger partial charge in [0.25, 0.3) is 0 Å². The van der Waals surface area contributed by atoms with Crippen LogP contribution in [0.2, 0.25) is 0 Å². The first-order valence-electron chi connectivity index (χ1n) is 10.7. The lowest BCUT2D eigenvalue weighted by Gasteiger charge is -2.14. The number of carbonyl (C=O) groups is 2. The molecule has 0 aliphatic rings. The van der Waals surface area contributed by atoms with Crippen LogP contribution < -0.4 is 5.32 Å². The molecule has 2 heterocycles. The van der Waals surface area contributed by atoms with E-state index in [4.69, 9.17) is 4.98 Å². The standard InChI is InChI=1S/C24H25N5O2S/c1-4-13-29-19-12-7-6-11-18(19)21-22(29)26-24(28-27-21)32-20(5-2)23(31)25-17-10-8-9-16(14-17)15(3)30/h6-12,14,20H,4-5,13H2,1-3H3,(H,25,31)/t20-/m1/s1. The van der Waals surface area contributed by atoms with Gasteiger partial charge in [0.15, 0.2) is 11.4 Å². The molecule has 4 aromatic rings. The number of rotatable bonds is 8.